The molecule has 1 atom stereocenters. The van der Waals surface area contributed by atoms with E-state index in [2.05, 4.69) is 36.5 Å². The molecule has 0 bridgehead atoms. The van der Waals surface area contributed by atoms with Crippen LogP contribution in [0.3, 0.4) is 0 Å². The molecule has 0 amide bonds. The van der Waals surface area contributed by atoms with E-state index in [4.69, 9.17) is 0 Å². The van der Waals surface area contributed by atoms with Gasteiger partial charge < -0.3 is 5.32 Å². The van der Waals surface area contributed by atoms with Gasteiger partial charge in [-0.05, 0) is 50.6 Å². The molecule has 15 heavy (non-hydrogen) atoms. The van der Waals surface area contributed by atoms with Crippen LogP contribution in [0.25, 0.3) is 0 Å². The number of hydrogen-bond acceptors (Lipinski definition) is 2. The Labute approximate surface area is 96.7 Å². The van der Waals surface area contributed by atoms with Gasteiger partial charge in [-0.15, -0.1) is 11.8 Å². The monoisotopic (exact) mass is 221 g/mol. The topological polar surface area (TPSA) is 12.0 Å². The maximum Gasteiger partial charge on any atom is 0.00755 e. The molecule has 1 nitrogen and oxygen atoms in total. The predicted octanol–water partition coefficient (Wildman–Crippen LogP) is 3.23. The first-order valence-electron chi connectivity index (χ1n) is 5.77. The van der Waals surface area contributed by atoms with E-state index >= 15 is 0 Å². The van der Waals surface area contributed by atoms with E-state index < -0.39 is 0 Å². The normalized spacial score (nSPS) is 20.7. The zero-order valence-electron chi connectivity index (χ0n) is 9.33. The second kappa shape index (κ2) is 5.57. The highest BCUT2D eigenvalue weighted by Crippen LogP contribution is 2.21. The van der Waals surface area contributed by atoms with Crippen molar-refractivity contribution >= 4 is 11.8 Å². The van der Waals surface area contributed by atoms with Gasteiger partial charge in [-0.25, -0.2) is 0 Å². The van der Waals surface area contributed by atoms with Crippen LogP contribution in [0.4, 0.5) is 0 Å². The Morgan fingerprint density at radius 3 is 2.80 bits per heavy atom. The van der Waals surface area contributed by atoms with Crippen LogP contribution in [-0.2, 0) is 0 Å². The van der Waals surface area contributed by atoms with Crippen molar-refractivity contribution in [3.63, 3.8) is 0 Å². The van der Waals surface area contributed by atoms with Crippen LogP contribution < -0.4 is 5.32 Å². The van der Waals surface area contributed by atoms with Crippen LogP contribution >= 0.6 is 11.8 Å². The van der Waals surface area contributed by atoms with E-state index in [1.54, 1.807) is 0 Å². The summed E-state index contributed by atoms with van der Waals surface area (Å²) in [6.45, 7) is 3.36. The van der Waals surface area contributed by atoms with Crippen LogP contribution in [0.5, 0.6) is 0 Å². The number of rotatable bonds is 4. The van der Waals surface area contributed by atoms with Crippen molar-refractivity contribution in [2.75, 3.05) is 12.3 Å². The van der Waals surface area contributed by atoms with Crippen LogP contribution in [-0.4, -0.2) is 18.3 Å². The van der Waals surface area contributed by atoms with Gasteiger partial charge in [0.15, 0.2) is 0 Å². The van der Waals surface area contributed by atoms with Crippen molar-refractivity contribution in [2.45, 2.75) is 37.1 Å². The second-order valence-electron chi connectivity index (χ2n) is 4.24. The van der Waals surface area contributed by atoms with Crippen molar-refractivity contribution in [2.24, 2.45) is 0 Å². The maximum absolute atomic E-state index is 3.54. The van der Waals surface area contributed by atoms with Gasteiger partial charge >= 0.3 is 0 Å². The molecule has 82 valence electrons. The molecule has 1 aliphatic rings. The number of nitrogens with one attached hydrogen (secondary N) is 1. The zero-order chi connectivity index (χ0) is 10.5. The zero-order valence-corrected chi connectivity index (χ0v) is 10.1. The molecule has 0 spiro atoms. The fraction of sp³-hybridized carbons (Fsp3) is 0.538. The summed E-state index contributed by atoms with van der Waals surface area (Å²) in [4.78, 5) is 1.40. The minimum Gasteiger partial charge on any atom is -0.314 e. The summed E-state index contributed by atoms with van der Waals surface area (Å²) in [5.41, 5.74) is 1.34. The fourth-order valence-corrected chi connectivity index (χ4v) is 2.92. The molecule has 1 aromatic carbocycles. The van der Waals surface area contributed by atoms with Gasteiger partial charge in [0.2, 0.25) is 0 Å². The lowest BCUT2D eigenvalue weighted by molar-refractivity contribution is 0.592. The third-order valence-corrected chi connectivity index (χ3v) is 3.96. The van der Waals surface area contributed by atoms with Crippen molar-refractivity contribution in [3.05, 3.63) is 29.8 Å². The molecule has 1 heterocycles. The van der Waals surface area contributed by atoms with Crippen LogP contribution in [0, 0.1) is 6.92 Å². The van der Waals surface area contributed by atoms with E-state index in [-0.39, 0.29) is 0 Å². The molecule has 1 aromatic rings. The molecule has 0 radical (unpaired) electrons. The van der Waals surface area contributed by atoms with Crippen molar-refractivity contribution in [3.8, 4) is 0 Å². The Morgan fingerprint density at radius 1 is 1.33 bits per heavy atom. The number of benzene rings is 1. The largest absolute Gasteiger partial charge is 0.314 e. The molecular formula is C13H19NS. The first-order valence-corrected chi connectivity index (χ1v) is 6.76. The lowest BCUT2D eigenvalue weighted by Gasteiger charge is -2.09. The molecule has 1 saturated heterocycles. The highest BCUT2D eigenvalue weighted by atomic mass is 32.2. The molecular weight excluding hydrogens is 202 g/mol. The Morgan fingerprint density at radius 2 is 2.13 bits per heavy atom. The first kappa shape index (κ1) is 11.0. The lowest BCUT2D eigenvalue weighted by atomic mass is 10.2. The van der Waals surface area contributed by atoms with Crippen LogP contribution in [0.1, 0.15) is 24.8 Å². The quantitative estimate of drug-likeness (QED) is 0.783. The van der Waals surface area contributed by atoms with Crippen molar-refractivity contribution in [1.29, 1.82) is 0 Å². The van der Waals surface area contributed by atoms with Crippen LogP contribution in [0.15, 0.2) is 29.2 Å². The number of hydrogen-bond donors (Lipinski definition) is 1. The van der Waals surface area contributed by atoms with Crippen LogP contribution in [0.2, 0.25) is 0 Å². The highest BCUT2D eigenvalue weighted by Gasteiger charge is 2.12. The van der Waals surface area contributed by atoms with E-state index in [1.807, 2.05) is 11.8 Å². The highest BCUT2D eigenvalue weighted by molar-refractivity contribution is 7.99. The molecule has 0 aromatic heterocycles. The molecule has 1 fully saturated rings. The standard InChI is InChI=1S/C13H19NS/c1-11-4-6-13(7-5-11)15-10-8-12-3-2-9-14-12/h4-7,12,14H,2-3,8-10H2,1H3. The molecule has 2 rings (SSSR count). The molecule has 0 aliphatic carbocycles. The molecule has 1 unspecified atom stereocenters. The Kier molecular flexibility index (Phi) is 4.09. The summed E-state index contributed by atoms with van der Waals surface area (Å²) in [6, 6.07) is 9.61. The third kappa shape index (κ3) is 3.54. The van der Waals surface area contributed by atoms with Crippen molar-refractivity contribution in [1.82, 2.24) is 5.32 Å². The first-order chi connectivity index (χ1) is 7.34. The SMILES string of the molecule is Cc1ccc(SCCC2CCCN2)cc1. The van der Waals surface area contributed by atoms with Gasteiger partial charge in [0.05, 0.1) is 0 Å². The van der Waals surface area contributed by atoms with Gasteiger partial charge in [0.1, 0.15) is 0 Å². The summed E-state index contributed by atoms with van der Waals surface area (Å²) >= 11 is 1.98. The van der Waals surface area contributed by atoms with E-state index in [0.717, 1.165) is 6.04 Å². The Balaban J connectivity index is 1.71. The number of thioether (sulfide) groups is 1. The van der Waals surface area contributed by atoms with E-state index in [9.17, 15) is 0 Å². The predicted molar refractivity (Wildman–Crippen MR) is 67.5 cm³/mol. The minimum atomic E-state index is 0.781. The maximum atomic E-state index is 3.54. The average molecular weight is 221 g/mol. The van der Waals surface area contributed by atoms with Gasteiger partial charge in [0, 0.05) is 10.9 Å². The average Bonchev–Trinajstić information content (AvgIpc) is 2.74. The van der Waals surface area contributed by atoms with E-state index in [0.29, 0.717) is 0 Å². The molecule has 2 heteroatoms. The summed E-state index contributed by atoms with van der Waals surface area (Å²) in [5.74, 6) is 1.24. The fourth-order valence-electron chi connectivity index (χ4n) is 1.96. The number of aryl methyl sites for hydroxylation is 1. The summed E-state index contributed by atoms with van der Waals surface area (Å²) in [7, 11) is 0. The summed E-state index contributed by atoms with van der Waals surface area (Å²) < 4.78 is 0. The summed E-state index contributed by atoms with van der Waals surface area (Å²) in [5, 5.41) is 3.54. The summed E-state index contributed by atoms with van der Waals surface area (Å²) in [6.07, 6.45) is 4.03. The lowest BCUT2D eigenvalue weighted by Crippen LogP contribution is -2.21. The third-order valence-electron chi connectivity index (χ3n) is 2.92. The van der Waals surface area contributed by atoms with E-state index in [1.165, 1.54) is 42.0 Å². The van der Waals surface area contributed by atoms with Gasteiger partial charge in [-0.3, -0.25) is 0 Å². The van der Waals surface area contributed by atoms with Crippen molar-refractivity contribution < 1.29 is 0 Å². The van der Waals surface area contributed by atoms with Gasteiger partial charge in [-0.2, -0.15) is 0 Å². The molecule has 1 N–H and O–H groups in total. The Bertz CT molecular complexity index is 288. The molecule has 1 aliphatic heterocycles. The Hall–Kier alpha value is -0.470. The minimum absolute atomic E-state index is 0.781. The van der Waals surface area contributed by atoms with Gasteiger partial charge in [0.25, 0.3) is 0 Å². The second-order valence-corrected chi connectivity index (χ2v) is 5.41. The molecule has 0 saturated carbocycles. The smallest absolute Gasteiger partial charge is 0.00755 e. The van der Waals surface area contributed by atoms with Gasteiger partial charge in [-0.1, -0.05) is 17.7 Å².